The average Bonchev–Trinajstić information content (AvgIpc) is 3.63. The molecule has 9 aromatic carbocycles. The first kappa shape index (κ1) is 31.6. The van der Waals surface area contributed by atoms with Crippen LogP contribution in [0.3, 0.4) is 0 Å². The number of hydrogen-bond acceptors (Lipinski definition) is 2. The average molecular weight is 690 g/mol. The second-order valence-electron chi connectivity index (χ2n) is 13.7. The van der Waals surface area contributed by atoms with Crippen molar-refractivity contribution in [3.8, 4) is 44.5 Å². The molecule has 0 amide bonds. The van der Waals surface area contributed by atoms with E-state index in [2.05, 4.69) is 217 Å². The van der Waals surface area contributed by atoms with Gasteiger partial charge < -0.3 is 9.32 Å². The molecular weight excluding hydrogens is 655 g/mol. The number of nitrogens with zero attached hydrogens (tertiary/aromatic N) is 1. The van der Waals surface area contributed by atoms with Crippen LogP contribution in [0.5, 0.6) is 0 Å². The summed E-state index contributed by atoms with van der Waals surface area (Å²) in [5.74, 6) is 0. The maximum Gasteiger partial charge on any atom is 0.137 e. The number of fused-ring (bicyclic) bond motifs is 5. The second-order valence-corrected chi connectivity index (χ2v) is 13.7. The lowest BCUT2D eigenvalue weighted by Crippen LogP contribution is -2.11. The topological polar surface area (TPSA) is 16.4 Å². The van der Waals surface area contributed by atoms with Gasteiger partial charge in [-0.1, -0.05) is 170 Å². The predicted molar refractivity (Wildman–Crippen MR) is 228 cm³/mol. The highest BCUT2D eigenvalue weighted by Crippen LogP contribution is 2.45. The summed E-state index contributed by atoms with van der Waals surface area (Å²) in [6.45, 7) is 0. The number of furan rings is 1. The monoisotopic (exact) mass is 689 g/mol. The Bertz CT molecular complexity index is 2890. The number of rotatable bonds is 7. The smallest absolute Gasteiger partial charge is 0.137 e. The van der Waals surface area contributed by atoms with Crippen molar-refractivity contribution >= 4 is 49.8 Å². The Morgan fingerprint density at radius 1 is 0.296 bits per heavy atom. The quantitative estimate of drug-likeness (QED) is 0.166. The third-order valence-electron chi connectivity index (χ3n) is 10.5. The van der Waals surface area contributed by atoms with Gasteiger partial charge in [0.15, 0.2) is 0 Å². The zero-order valence-corrected chi connectivity index (χ0v) is 29.6. The van der Waals surface area contributed by atoms with Crippen LogP contribution in [0.2, 0.25) is 0 Å². The van der Waals surface area contributed by atoms with E-state index in [1.54, 1.807) is 0 Å². The molecule has 10 aromatic rings. The molecule has 0 aliphatic carbocycles. The van der Waals surface area contributed by atoms with Crippen molar-refractivity contribution in [1.82, 2.24) is 0 Å². The van der Waals surface area contributed by atoms with Crippen LogP contribution in [0.25, 0.3) is 77.2 Å². The normalized spacial score (nSPS) is 11.3. The molecule has 1 aromatic heterocycles. The largest absolute Gasteiger partial charge is 0.456 e. The molecule has 0 saturated carbocycles. The van der Waals surface area contributed by atoms with Crippen molar-refractivity contribution in [3.05, 3.63) is 212 Å². The minimum Gasteiger partial charge on any atom is -0.456 e. The second kappa shape index (κ2) is 13.4. The maximum atomic E-state index is 6.79. The Balaban J connectivity index is 1.11. The van der Waals surface area contributed by atoms with E-state index in [9.17, 15) is 0 Å². The summed E-state index contributed by atoms with van der Waals surface area (Å²) < 4.78 is 6.79. The number of benzene rings is 9. The molecule has 0 aliphatic heterocycles. The molecule has 2 nitrogen and oxygen atoms in total. The molecule has 0 unspecified atom stereocenters. The van der Waals surface area contributed by atoms with Crippen molar-refractivity contribution in [2.45, 2.75) is 0 Å². The van der Waals surface area contributed by atoms with Crippen molar-refractivity contribution < 1.29 is 4.42 Å². The van der Waals surface area contributed by atoms with E-state index in [1.165, 1.54) is 44.2 Å². The van der Waals surface area contributed by atoms with Crippen molar-refractivity contribution in [3.63, 3.8) is 0 Å². The minimum absolute atomic E-state index is 0.857. The van der Waals surface area contributed by atoms with Crippen LogP contribution in [0.1, 0.15) is 0 Å². The molecule has 0 atom stereocenters. The molecular formula is C52H35NO. The van der Waals surface area contributed by atoms with Gasteiger partial charge in [-0.25, -0.2) is 0 Å². The third kappa shape index (κ3) is 5.62. The van der Waals surface area contributed by atoms with Crippen LogP contribution in [0.15, 0.2) is 217 Å². The van der Waals surface area contributed by atoms with Crippen LogP contribution >= 0.6 is 0 Å². The zero-order chi connectivity index (χ0) is 35.8. The molecule has 0 saturated heterocycles. The fourth-order valence-electron chi connectivity index (χ4n) is 7.87. The van der Waals surface area contributed by atoms with Gasteiger partial charge in [-0.05, 0) is 86.1 Å². The van der Waals surface area contributed by atoms with Crippen molar-refractivity contribution in [2.75, 3.05) is 4.90 Å². The van der Waals surface area contributed by atoms with Gasteiger partial charge in [0.2, 0.25) is 0 Å². The molecule has 0 N–H and O–H groups in total. The van der Waals surface area contributed by atoms with E-state index >= 15 is 0 Å². The number of anilines is 3. The summed E-state index contributed by atoms with van der Waals surface area (Å²) >= 11 is 0. The van der Waals surface area contributed by atoms with Crippen LogP contribution < -0.4 is 4.90 Å². The molecule has 0 bridgehead atoms. The molecule has 0 fully saturated rings. The lowest BCUT2D eigenvalue weighted by molar-refractivity contribution is 0.669. The Kier molecular flexibility index (Phi) is 7.85. The van der Waals surface area contributed by atoms with E-state index in [0.29, 0.717) is 0 Å². The van der Waals surface area contributed by atoms with Gasteiger partial charge in [0.25, 0.3) is 0 Å². The van der Waals surface area contributed by atoms with Crippen LogP contribution in [-0.2, 0) is 0 Å². The summed E-state index contributed by atoms with van der Waals surface area (Å²) in [4.78, 5) is 2.35. The molecule has 1 heterocycles. The Hall–Kier alpha value is -7.16. The van der Waals surface area contributed by atoms with E-state index in [-0.39, 0.29) is 0 Å². The van der Waals surface area contributed by atoms with E-state index in [1.807, 2.05) is 0 Å². The van der Waals surface area contributed by atoms with Gasteiger partial charge in [0, 0.05) is 33.8 Å². The zero-order valence-electron chi connectivity index (χ0n) is 29.6. The summed E-state index contributed by atoms with van der Waals surface area (Å²) in [7, 11) is 0. The summed E-state index contributed by atoms with van der Waals surface area (Å²) in [5, 5.41) is 4.66. The first-order valence-electron chi connectivity index (χ1n) is 18.4. The standard InChI is InChI=1S/C52H35NO/c1-4-14-36(15-5-1)37-24-26-38(27-25-37)39-28-30-42(31-29-39)53(49-23-13-12-20-44(49)40-16-6-2-7-17-40)43-32-33-47-50(34-43)54-51-35-48(41-18-8-3-9-19-41)45-21-10-11-22-46(45)52(47)51/h1-35H. The van der Waals surface area contributed by atoms with Gasteiger partial charge in [-0.15, -0.1) is 0 Å². The highest BCUT2D eigenvalue weighted by molar-refractivity contribution is 6.22. The first-order chi connectivity index (χ1) is 26.8. The molecule has 2 heteroatoms. The number of hydrogen-bond donors (Lipinski definition) is 0. The van der Waals surface area contributed by atoms with E-state index < -0.39 is 0 Å². The molecule has 54 heavy (non-hydrogen) atoms. The van der Waals surface area contributed by atoms with Crippen LogP contribution in [0.4, 0.5) is 17.1 Å². The van der Waals surface area contributed by atoms with Crippen LogP contribution in [-0.4, -0.2) is 0 Å². The van der Waals surface area contributed by atoms with Gasteiger partial charge in [-0.2, -0.15) is 0 Å². The van der Waals surface area contributed by atoms with Crippen molar-refractivity contribution in [1.29, 1.82) is 0 Å². The molecule has 10 rings (SSSR count). The lowest BCUT2D eigenvalue weighted by atomic mass is 9.95. The lowest BCUT2D eigenvalue weighted by Gasteiger charge is -2.28. The number of para-hydroxylation sites is 1. The highest BCUT2D eigenvalue weighted by Gasteiger charge is 2.20. The van der Waals surface area contributed by atoms with E-state index in [0.717, 1.165) is 50.1 Å². The van der Waals surface area contributed by atoms with Crippen molar-refractivity contribution in [2.24, 2.45) is 0 Å². The molecule has 0 spiro atoms. The minimum atomic E-state index is 0.857. The van der Waals surface area contributed by atoms with Crippen LogP contribution in [0, 0.1) is 0 Å². The first-order valence-corrected chi connectivity index (χ1v) is 18.4. The summed E-state index contributed by atoms with van der Waals surface area (Å²) in [6, 6.07) is 75.6. The molecule has 0 radical (unpaired) electrons. The summed E-state index contributed by atoms with van der Waals surface area (Å²) in [5.41, 5.74) is 14.4. The fraction of sp³-hybridized carbons (Fsp3) is 0. The van der Waals surface area contributed by atoms with E-state index in [4.69, 9.17) is 4.42 Å². The van der Waals surface area contributed by atoms with Gasteiger partial charge in [-0.3, -0.25) is 0 Å². The van der Waals surface area contributed by atoms with Gasteiger partial charge in [0.05, 0.1) is 5.69 Å². The fourth-order valence-corrected chi connectivity index (χ4v) is 7.87. The Morgan fingerprint density at radius 3 is 1.43 bits per heavy atom. The molecule has 254 valence electrons. The third-order valence-corrected chi connectivity index (χ3v) is 10.5. The highest BCUT2D eigenvalue weighted by atomic mass is 16.3. The predicted octanol–water partition coefficient (Wildman–Crippen LogP) is 14.9. The SMILES string of the molecule is c1ccc(-c2ccc(-c3ccc(N(c4ccc5c(c4)oc4cc(-c6ccccc6)c6ccccc6c45)c4ccccc4-c4ccccc4)cc3)cc2)cc1. The summed E-state index contributed by atoms with van der Waals surface area (Å²) in [6.07, 6.45) is 0. The Morgan fingerprint density at radius 2 is 0.778 bits per heavy atom. The molecule has 0 aliphatic rings. The Labute approximate surface area is 314 Å². The van der Waals surface area contributed by atoms with Gasteiger partial charge in [0.1, 0.15) is 11.2 Å². The van der Waals surface area contributed by atoms with Gasteiger partial charge >= 0.3 is 0 Å². The maximum absolute atomic E-state index is 6.79.